The Morgan fingerprint density at radius 1 is 1.25 bits per heavy atom. The van der Waals surface area contributed by atoms with Crippen molar-refractivity contribution < 1.29 is 4.57 Å². The van der Waals surface area contributed by atoms with Crippen molar-refractivity contribution in [2.45, 2.75) is 53.6 Å². The van der Waals surface area contributed by atoms with Crippen LogP contribution in [-0.4, -0.2) is 4.57 Å². The summed E-state index contributed by atoms with van der Waals surface area (Å²) >= 11 is 0. The fourth-order valence-corrected chi connectivity index (χ4v) is 2.13. The molecule has 0 aliphatic carbocycles. The van der Waals surface area contributed by atoms with Gasteiger partial charge in [0.1, 0.15) is 11.4 Å². The molecule has 1 rings (SSSR count). The van der Waals surface area contributed by atoms with E-state index in [-0.39, 0.29) is 12.1 Å². The lowest BCUT2D eigenvalue weighted by atomic mass is 10.3. The maximum Gasteiger partial charge on any atom is 0.491 e. The zero-order valence-corrected chi connectivity index (χ0v) is 10.9. The molecule has 0 N–H and O–H groups in total. The molecule has 88 valence electrons. The summed E-state index contributed by atoms with van der Waals surface area (Å²) in [7, 11) is 0. The van der Waals surface area contributed by atoms with Crippen molar-refractivity contribution in [1.29, 1.82) is 0 Å². The van der Waals surface area contributed by atoms with E-state index < -0.39 is 0 Å². The summed E-state index contributed by atoms with van der Waals surface area (Å²) in [5, 5.41) is 3.73. The molecule has 0 saturated heterocycles. The van der Waals surface area contributed by atoms with E-state index >= 15 is 0 Å². The van der Waals surface area contributed by atoms with E-state index in [1.54, 1.807) is 0 Å². The van der Waals surface area contributed by atoms with Crippen LogP contribution >= 0.6 is 0 Å². The van der Waals surface area contributed by atoms with E-state index in [0.717, 1.165) is 11.4 Å². The van der Waals surface area contributed by atoms with Gasteiger partial charge < -0.3 is 0 Å². The molecular formula is C11H20N4O+2. The second-order valence-corrected chi connectivity index (χ2v) is 4.58. The number of nitroso groups, excluding NO2 is 1. The molecule has 0 radical (unpaired) electrons. The Balaban J connectivity index is 3.61. The normalized spacial score (nSPS) is 11.0. The Morgan fingerprint density at radius 2 is 1.81 bits per heavy atom. The third-order valence-electron chi connectivity index (χ3n) is 2.84. The Hall–Kier alpha value is -1.48. The molecule has 5 heteroatoms. The minimum Gasteiger partial charge on any atom is -0.221 e. The molecule has 0 unspecified atom stereocenters. The van der Waals surface area contributed by atoms with Crippen LogP contribution in [0.2, 0.25) is 0 Å². The molecular weight excluding hydrogens is 204 g/mol. The van der Waals surface area contributed by atoms with Crippen molar-refractivity contribution in [2.75, 3.05) is 0 Å². The zero-order valence-electron chi connectivity index (χ0n) is 10.9. The molecule has 0 aliphatic rings. The van der Waals surface area contributed by atoms with Crippen LogP contribution in [0.1, 0.15) is 51.2 Å². The summed E-state index contributed by atoms with van der Waals surface area (Å²) in [5.41, 5.74) is 2.26. The lowest BCUT2D eigenvalue weighted by Crippen LogP contribution is -2.38. The van der Waals surface area contributed by atoms with E-state index in [1.165, 1.54) is 0 Å². The van der Waals surface area contributed by atoms with Crippen LogP contribution in [0.4, 0.5) is 5.95 Å². The van der Waals surface area contributed by atoms with Gasteiger partial charge in [-0.25, -0.2) is 9.13 Å². The van der Waals surface area contributed by atoms with Gasteiger partial charge in [0, 0.05) is 0 Å². The van der Waals surface area contributed by atoms with Gasteiger partial charge in [-0.15, -0.1) is 0 Å². The molecule has 5 nitrogen and oxygen atoms in total. The van der Waals surface area contributed by atoms with Crippen LogP contribution in [-0.2, 0) is 0 Å². The van der Waals surface area contributed by atoms with E-state index in [9.17, 15) is 4.91 Å². The monoisotopic (exact) mass is 224 g/mol. The highest BCUT2D eigenvalue weighted by Gasteiger charge is 2.32. The lowest BCUT2D eigenvalue weighted by Gasteiger charge is -2.03. The molecule has 0 saturated carbocycles. The standard InChI is InChI=1S/C11H20N4O/c1-7(2)14-9(5)10(6)15(8(3)4)11(14)12-13-16/h7-8H,1-6H3/q+2. The Bertz CT molecular complexity index is 408. The summed E-state index contributed by atoms with van der Waals surface area (Å²) in [6.45, 7) is 12.4. The van der Waals surface area contributed by atoms with Gasteiger partial charge in [0.15, 0.2) is 0 Å². The zero-order chi connectivity index (χ0) is 12.5. The predicted octanol–water partition coefficient (Wildman–Crippen LogP) is 2.47. The van der Waals surface area contributed by atoms with Gasteiger partial charge in [-0.05, 0) is 41.5 Å². The van der Waals surface area contributed by atoms with Crippen LogP contribution in [0, 0.1) is 18.8 Å². The summed E-state index contributed by atoms with van der Waals surface area (Å²) in [4.78, 5) is 13.1. The maximum absolute atomic E-state index is 10.4. The average Bonchev–Trinajstić information content (AvgIpc) is 2.39. The van der Waals surface area contributed by atoms with Gasteiger partial charge in [-0.3, -0.25) is 0 Å². The molecule has 0 bridgehead atoms. The van der Waals surface area contributed by atoms with E-state index in [4.69, 9.17) is 0 Å². The fraction of sp³-hybridized carbons (Fsp3) is 0.727. The van der Waals surface area contributed by atoms with Gasteiger partial charge in [-0.2, -0.15) is 0 Å². The molecule has 1 aromatic heterocycles. The van der Waals surface area contributed by atoms with Crippen molar-refractivity contribution in [3.8, 4) is 0 Å². The third kappa shape index (κ3) is 1.91. The molecule has 0 aliphatic heterocycles. The number of rotatable bonds is 3. The number of nitrogens with zero attached hydrogens (tertiary/aromatic N) is 4. The predicted molar refractivity (Wildman–Crippen MR) is 62.5 cm³/mol. The van der Waals surface area contributed by atoms with Crippen LogP contribution in [0.5, 0.6) is 0 Å². The van der Waals surface area contributed by atoms with Crippen LogP contribution in [0.3, 0.4) is 0 Å². The van der Waals surface area contributed by atoms with E-state index in [2.05, 4.69) is 37.8 Å². The first kappa shape index (κ1) is 12.6. The first-order valence-corrected chi connectivity index (χ1v) is 5.58. The van der Waals surface area contributed by atoms with Crippen LogP contribution in [0.25, 0.3) is 0 Å². The van der Waals surface area contributed by atoms with Crippen molar-refractivity contribution >= 4 is 5.95 Å². The molecule has 1 aromatic rings. The minimum atomic E-state index is 0.263. The molecule has 0 atom stereocenters. The van der Waals surface area contributed by atoms with Crippen molar-refractivity contribution in [2.24, 2.45) is 5.11 Å². The quantitative estimate of drug-likeness (QED) is 0.442. The summed E-state index contributed by atoms with van der Waals surface area (Å²) < 4.78 is 4.08. The maximum atomic E-state index is 10.4. The number of aromatic nitrogens is 2. The largest absolute Gasteiger partial charge is 0.491 e. The lowest BCUT2D eigenvalue weighted by molar-refractivity contribution is -0.709. The molecule has 1 heterocycles. The number of imidazole rings is 1. The number of hydrogen-bond acceptors (Lipinski definition) is 2. The van der Waals surface area contributed by atoms with Crippen molar-refractivity contribution in [1.82, 2.24) is 9.54 Å². The van der Waals surface area contributed by atoms with Crippen LogP contribution < -0.4 is 9.54 Å². The van der Waals surface area contributed by atoms with Gasteiger partial charge in [0.25, 0.3) is 0 Å². The first-order chi connectivity index (χ1) is 7.41. The molecule has 0 aromatic carbocycles. The summed E-state index contributed by atoms with van der Waals surface area (Å²) in [5.74, 6) is 0.634. The van der Waals surface area contributed by atoms with Gasteiger partial charge >= 0.3 is 16.0 Å². The van der Waals surface area contributed by atoms with E-state index in [0.29, 0.717) is 5.95 Å². The summed E-state index contributed by atoms with van der Waals surface area (Å²) in [6.07, 6.45) is 0. The van der Waals surface area contributed by atoms with Crippen molar-refractivity contribution in [3.05, 3.63) is 16.3 Å². The average molecular weight is 224 g/mol. The SMILES string of the molecule is Cc1c(C)[n+](C(C)C)c(N=[N+]=O)n1C(C)C. The molecule has 0 fully saturated rings. The number of hydrogen-bond donors (Lipinski definition) is 0. The Labute approximate surface area is 95.8 Å². The highest BCUT2D eigenvalue weighted by molar-refractivity contribution is 5.19. The summed E-state index contributed by atoms with van der Waals surface area (Å²) in [6, 6.07) is 0.526. The smallest absolute Gasteiger partial charge is 0.221 e. The van der Waals surface area contributed by atoms with Crippen LogP contribution in [0.15, 0.2) is 5.11 Å². The highest BCUT2D eigenvalue weighted by atomic mass is 16.3. The van der Waals surface area contributed by atoms with E-state index in [1.807, 2.05) is 23.0 Å². The Morgan fingerprint density at radius 3 is 2.19 bits per heavy atom. The third-order valence-corrected chi connectivity index (χ3v) is 2.84. The topological polar surface area (TPSA) is 52.3 Å². The molecule has 16 heavy (non-hydrogen) atoms. The van der Waals surface area contributed by atoms with Gasteiger partial charge in [0.2, 0.25) is 4.91 Å². The minimum absolute atomic E-state index is 0.263. The second-order valence-electron chi connectivity index (χ2n) is 4.58. The Kier molecular flexibility index (Phi) is 3.60. The highest BCUT2D eigenvalue weighted by Crippen LogP contribution is 2.22. The van der Waals surface area contributed by atoms with Gasteiger partial charge in [0.05, 0.1) is 12.1 Å². The molecule has 0 amide bonds. The molecule has 0 spiro atoms. The second kappa shape index (κ2) is 4.58. The van der Waals surface area contributed by atoms with Crippen molar-refractivity contribution in [3.63, 3.8) is 0 Å². The van der Waals surface area contributed by atoms with Gasteiger partial charge in [-0.1, -0.05) is 0 Å². The first-order valence-electron chi connectivity index (χ1n) is 5.58. The fourth-order valence-electron chi connectivity index (χ4n) is 2.13.